The molecule has 1 unspecified atom stereocenters. The van der Waals surface area contributed by atoms with Crippen LogP contribution in [0, 0.1) is 0 Å². The van der Waals surface area contributed by atoms with Crippen LogP contribution in [0.4, 0.5) is 0 Å². The molecule has 0 amide bonds. The molecule has 380 valence electrons. The first-order chi connectivity index (χ1) is 31.5. The lowest BCUT2D eigenvalue weighted by molar-refractivity contribution is -0.167. The Hall–Kier alpha value is -1.59. The van der Waals surface area contributed by atoms with Crippen molar-refractivity contribution in [2.24, 2.45) is 0 Å². The average Bonchev–Trinajstić information content (AvgIpc) is 3.29. The second-order valence-electron chi connectivity index (χ2n) is 19.9. The molecule has 0 N–H and O–H groups in total. The van der Waals surface area contributed by atoms with Gasteiger partial charge in [-0.1, -0.05) is 297 Å². The van der Waals surface area contributed by atoms with Crippen molar-refractivity contribution in [1.29, 1.82) is 0 Å². The normalized spacial score (nSPS) is 11.9. The molecule has 0 heterocycles. The molecule has 0 aliphatic rings. The van der Waals surface area contributed by atoms with E-state index in [1.165, 1.54) is 238 Å². The van der Waals surface area contributed by atoms with Gasteiger partial charge in [0.25, 0.3) is 0 Å². The molecule has 0 saturated heterocycles. The Bertz CT molecular complexity index is 951. The van der Waals surface area contributed by atoms with Crippen LogP contribution in [-0.4, -0.2) is 37.2 Å². The minimum absolute atomic E-state index is 0.0616. The van der Waals surface area contributed by atoms with Crippen LogP contribution in [0.1, 0.15) is 335 Å². The van der Waals surface area contributed by atoms with Crippen LogP contribution < -0.4 is 0 Å². The predicted molar refractivity (Wildman–Crippen MR) is 275 cm³/mol. The molecule has 0 bridgehead atoms. The summed E-state index contributed by atoms with van der Waals surface area (Å²) in [5, 5.41) is 0. The van der Waals surface area contributed by atoms with Gasteiger partial charge in [-0.3, -0.25) is 14.4 Å². The van der Waals surface area contributed by atoms with Crippen LogP contribution >= 0.6 is 0 Å². The van der Waals surface area contributed by atoms with Crippen molar-refractivity contribution in [3.05, 3.63) is 0 Å². The summed E-state index contributed by atoms with van der Waals surface area (Å²) in [5.74, 6) is -0.839. The van der Waals surface area contributed by atoms with Crippen molar-refractivity contribution in [2.75, 3.05) is 13.2 Å². The Labute approximate surface area is 399 Å². The summed E-state index contributed by atoms with van der Waals surface area (Å²) in [7, 11) is 0. The Morgan fingerprint density at radius 2 is 0.422 bits per heavy atom. The average molecular weight is 906 g/mol. The van der Waals surface area contributed by atoms with Crippen molar-refractivity contribution < 1.29 is 28.6 Å². The number of hydrogen-bond donors (Lipinski definition) is 0. The molecule has 0 aliphatic carbocycles. The third kappa shape index (κ3) is 51.4. The summed E-state index contributed by atoms with van der Waals surface area (Å²) in [6.45, 7) is 6.68. The minimum atomic E-state index is -0.760. The van der Waals surface area contributed by atoms with E-state index in [0.717, 1.165) is 57.8 Å². The Morgan fingerprint density at radius 1 is 0.250 bits per heavy atom. The van der Waals surface area contributed by atoms with Gasteiger partial charge < -0.3 is 14.2 Å². The minimum Gasteiger partial charge on any atom is -0.462 e. The number of carbonyl (C=O) groups excluding carboxylic acids is 3. The molecule has 0 radical (unpaired) electrons. The largest absolute Gasteiger partial charge is 0.462 e. The van der Waals surface area contributed by atoms with Gasteiger partial charge in [-0.25, -0.2) is 0 Å². The molecular weight excluding hydrogens is 793 g/mol. The van der Waals surface area contributed by atoms with Crippen molar-refractivity contribution >= 4 is 17.9 Å². The third-order valence-corrected chi connectivity index (χ3v) is 13.4. The van der Waals surface area contributed by atoms with Crippen LogP contribution in [0.2, 0.25) is 0 Å². The second kappa shape index (κ2) is 54.0. The van der Waals surface area contributed by atoms with Gasteiger partial charge in [-0.05, 0) is 19.3 Å². The van der Waals surface area contributed by atoms with Crippen molar-refractivity contribution in [3.8, 4) is 0 Å². The van der Waals surface area contributed by atoms with Gasteiger partial charge >= 0.3 is 17.9 Å². The summed E-state index contributed by atoms with van der Waals surface area (Å²) in [6, 6.07) is 0. The molecule has 0 aromatic carbocycles. The van der Waals surface area contributed by atoms with E-state index in [1.807, 2.05) is 0 Å². The monoisotopic (exact) mass is 905 g/mol. The summed E-state index contributed by atoms with van der Waals surface area (Å²) in [6.07, 6.45) is 59.7. The maximum absolute atomic E-state index is 12.8. The fraction of sp³-hybridized carbons (Fsp3) is 0.948. The van der Waals surface area contributed by atoms with Crippen LogP contribution in [0.5, 0.6) is 0 Å². The summed E-state index contributed by atoms with van der Waals surface area (Å²) < 4.78 is 16.8. The zero-order valence-electron chi connectivity index (χ0n) is 43.6. The maximum atomic E-state index is 12.8. The molecule has 0 rings (SSSR count). The van der Waals surface area contributed by atoms with Crippen molar-refractivity contribution in [1.82, 2.24) is 0 Å². The molecule has 1 atom stereocenters. The zero-order valence-corrected chi connectivity index (χ0v) is 43.6. The Kier molecular flexibility index (Phi) is 52.7. The van der Waals surface area contributed by atoms with Crippen molar-refractivity contribution in [3.63, 3.8) is 0 Å². The Morgan fingerprint density at radius 3 is 0.625 bits per heavy atom. The first-order valence-electron chi connectivity index (χ1n) is 29.0. The van der Waals surface area contributed by atoms with E-state index in [1.54, 1.807) is 0 Å². The Balaban J connectivity index is 4.16. The van der Waals surface area contributed by atoms with E-state index in [2.05, 4.69) is 20.8 Å². The molecule has 0 fully saturated rings. The van der Waals surface area contributed by atoms with E-state index in [9.17, 15) is 14.4 Å². The van der Waals surface area contributed by atoms with Gasteiger partial charge in [0.15, 0.2) is 6.10 Å². The van der Waals surface area contributed by atoms with Crippen LogP contribution in [0.3, 0.4) is 0 Å². The molecule has 0 aliphatic heterocycles. The van der Waals surface area contributed by atoms with E-state index >= 15 is 0 Å². The fourth-order valence-electron chi connectivity index (χ4n) is 8.98. The van der Waals surface area contributed by atoms with Gasteiger partial charge in [0.2, 0.25) is 0 Å². The standard InChI is InChI=1S/C58H112O6/c1-4-7-10-13-16-19-21-23-25-27-29-31-33-35-37-39-42-45-48-51-57(60)63-54-55(53-62-56(59)50-47-44-41-18-15-12-9-6-3)64-58(61)52-49-46-43-40-38-36-34-32-30-28-26-24-22-20-17-14-11-8-5-2/h55H,4-54H2,1-3H3. The molecule has 64 heavy (non-hydrogen) atoms. The summed E-state index contributed by atoms with van der Waals surface area (Å²) >= 11 is 0. The number of rotatable bonds is 54. The van der Waals surface area contributed by atoms with Gasteiger partial charge in [0.05, 0.1) is 0 Å². The molecular formula is C58H112O6. The van der Waals surface area contributed by atoms with Crippen LogP contribution in [0.25, 0.3) is 0 Å². The lowest BCUT2D eigenvalue weighted by Crippen LogP contribution is -2.30. The fourth-order valence-corrected chi connectivity index (χ4v) is 8.98. The molecule has 6 heteroatoms. The molecule has 0 aromatic rings. The highest BCUT2D eigenvalue weighted by atomic mass is 16.6. The van der Waals surface area contributed by atoms with Crippen LogP contribution in [0.15, 0.2) is 0 Å². The summed E-state index contributed by atoms with van der Waals surface area (Å²) in [5.41, 5.74) is 0. The third-order valence-electron chi connectivity index (χ3n) is 13.4. The van der Waals surface area contributed by atoms with E-state index in [4.69, 9.17) is 14.2 Å². The van der Waals surface area contributed by atoms with Gasteiger partial charge in [-0.15, -0.1) is 0 Å². The highest BCUT2D eigenvalue weighted by Gasteiger charge is 2.19. The maximum Gasteiger partial charge on any atom is 0.306 e. The van der Waals surface area contributed by atoms with E-state index in [0.29, 0.717) is 19.3 Å². The topological polar surface area (TPSA) is 78.9 Å². The van der Waals surface area contributed by atoms with Gasteiger partial charge in [0.1, 0.15) is 13.2 Å². The molecule has 0 saturated carbocycles. The first-order valence-corrected chi connectivity index (χ1v) is 29.0. The number of ether oxygens (including phenoxy) is 3. The highest BCUT2D eigenvalue weighted by molar-refractivity contribution is 5.71. The zero-order chi connectivity index (χ0) is 46.5. The highest BCUT2D eigenvalue weighted by Crippen LogP contribution is 2.18. The van der Waals surface area contributed by atoms with E-state index in [-0.39, 0.29) is 31.1 Å². The summed E-state index contributed by atoms with van der Waals surface area (Å²) in [4.78, 5) is 38.0. The SMILES string of the molecule is CCCCCCCCCCCCCCCCCCCCCC(=O)OCC(COC(=O)CCCCCCCCCC)OC(=O)CCCCCCCCCCCCCCCCCCCCC. The van der Waals surface area contributed by atoms with Gasteiger partial charge in [-0.2, -0.15) is 0 Å². The number of unbranched alkanes of at least 4 members (excludes halogenated alkanes) is 43. The van der Waals surface area contributed by atoms with Gasteiger partial charge in [0, 0.05) is 19.3 Å². The second-order valence-corrected chi connectivity index (χ2v) is 19.9. The number of esters is 3. The number of carbonyl (C=O) groups is 3. The lowest BCUT2D eigenvalue weighted by Gasteiger charge is -2.18. The molecule has 0 spiro atoms. The van der Waals surface area contributed by atoms with Crippen molar-refractivity contribution in [2.45, 2.75) is 341 Å². The smallest absolute Gasteiger partial charge is 0.306 e. The lowest BCUT2D eigenvalue weighted by atomic mass is 10.0. The molecule has 6 nitrogen and oxygen atoms in total. The quantitative estimate of drug-likeness (QED) is 0.0344. The molecule has 0 aromatic heterocycles. The van der Waals surface area contributed by atoms with E-state index < -0.39 is 6.10 Å². The number of hydrogen-bond acceptors (Lipinski definition) is 6. The first kappa shape index (κ1) is 62.4. The van der Waals surface area contributed by atoms with Crippen LogP contribution in [-0.2, 0) is 28.6 Å². The predicted octanol–water partition coefficient (Wildman–Crippen LogP) is 19.2.